The lowest BCUT2D eigenvalue weighted by molar-refractivity contribution is 0.237. The van der Waals surface area contributed by atoms with E-state index in [1.54, 1.807) is 0 Å². The van der Waals surface area contributed by atoms with Gasteiger partial charge in [-0.1, -0.05) is 111 Å². The Hall–Kier alpha value is -3.73. The largest absolute Gasteiger partial charge is 0.494 e. The first kappa shape index (κ1) is 40.9. The lowest BCUT2D eigenvalue weighted by Gasteiger charge is -2.35. The summed E-state index contributed by atoms with van der Waals surface area (Å²) in [5, 5.41) is 0. The fraction of sp³-hybridized carbons (Fsp3) is 0.417. The van der Waals surface area contributed by atoms with E-state index in [4.69, 9.17) is 22.4 Å². The van der Waals surface area contributed by atoms with Crippen LogP contribution in [0.4, 0.5) is 0 Å². The summed E-state index contributed by atoms with van der Waals surface area (Å²) in [6.45, 7) is 5.83. The number of fused-ring (bicyclic) bond motifs is 2. The summed E-state index contributed by atoms with van der Waals surface area (Å²) in [6, 6.07) is 36.7. The van der Waals surface area contributed by atoms with Crippen molar-refractivity contribution in [3.05, 3.63) is 130 Å². The fourth-order valence-corrected chi connectivity index (χ4v) is 15.3. The van der Waals surface area contributed by atoms with Crippen molar-refractivity contribution in [3.8, 4) is 11.5 Å². The molecule has 0 spiro atoms. The Bertz CT molecular complexity index is 1720. The van der Waals surface area contributed by atoms with Crippen LogP contribution < -0.4 is 9.47 Å². The van der Waals surface area contributed by atoms with E-state index in [2.05, 4.69) is 122 Å². The van der Waals surface area contributed by atoms with Crippen LogP contribution in [0.3, 0.4) is 0 Å². The van der Waals surface area contributed by atoms with Crippen molar-refractivity contribution in [1.82, 2.24) is 0 Å². The van der Waals surface area contributed by atoms with Gasteiger partial charge in [0.25, 0.3) is 0 Å². The van der Waals surface area contributed by atoms with Crippen molar-refractivity contribution < 1.29 is 22.4 Å². The van der Waals surface area contributed by atoms with Gasteiger partial charge in [-0.3, -0.25) is 0 Å². The molecule has 0 saturated carbocycles. The molecule has 4 aromatic carbocycles. The summed E-state index contributed by atoms with van der Waals surface area (Å²) in [4.78, 5) is 0. The maximum absolute atomic E-state index is 6.84. The molecule has 0 amide bonds. The highest BCUT2D eigenvalue weighted by atomic mass is 28.5. The molecule has 4 aromatic rings. The van der Waals surface area contributed by atoms with Crippen molar-refractivity contribution in [2.75, 3.05) is 27.4 Å². The summed E-state index contributed by atoms with van der Waals surface area (Å²) in [6.07, 6.45) is 17.8. The summed E-state index contributed by atoms with van der Waals surface area (Å²) in [5.41, 5.74) is 10.9. The highest BCUT2D eigenvalue weighted by Gasteiger charge is 2.41. The minimum atomic E-state index is -2.36. The van der Waals surface area contributed by atoms with Crippen molar-refractivity contribution in [1.29, 1.82) is 0 Å². The highest BCUT2D eigenvalue weighted by Crippen LogP contribution is 2.33. The Morgan fingerprint density at radius 1 is 0.491 bits per heavy atom. The predicted octanol–water partition coefficient (Wildman–Crippen LogP) is 12.7. The number of hydrogen-bond acceptors (Lipinski definition) is 5. The Morgan fingerprint density at radius 2 is 0.927 bits per heavy atom. The normalized spacial score (nSPS) is 16.3. The maximum atomic E-state index is 6.84. The maximum Gasteiger partial charge on any atom is 0.325 e. The van der Waals surface area contributed by atoms with Crippen LogP contribution in [0.15, 0.2) is 97.1 Å². The van der Waals surface area contributed by atoms with Gasteiger partial charge in [0.2, 0.25) is 0 Å². The number of allylic oxidation sites excluding steroid dienone is 2. The zero-order valence-electron chi connectivity index (χ0n) is 33.7. The van der Waals surface area contributed by atoms with Gasteiger partial charge in [-0.15, -0.1) is 0 Å². The van der Waals surface area contributed by atoms with Crippen LogP contribution in [0.1, 0.15) is 97.6 Å². The zero-order valence-corrected chi connectivity index (χ0v) is 35.7. The Kier molecular flexibility index (Phi) is 15.2. The number of aryl methyl sites for hydroxylation is 2. The fourth-order valence-electron chi connectivity index (χ4n) is 7.94. The monoisotopic (exact) mass is 774 g/mol. The van der Waals surface area contributed by atoms with Gasteiger partial charge in [0.05, 0.1) is 13.2 Å². The molecule has 0 aromatic heterocycles. The topological polar surface area (TPSA) is 46.2 Å². The molecule has 0 saturated heterocycles. The van der Waals surface area contributed by atoms with Gasteiger partial charge in [0.15, 0.2) is 0 Å². The van der Waals surface area contributed by atoms with Gasteiger partial charge in [0, 0.05) is 14.2 Å². The number of ether oxygens (including phenoxy) is 2. The van der Waals surface area contributed by atoms with Crippen LogP contribution in [-0.2, 0) is 25.8 Å². The quantitative estimate of drug-likeness (QED) is 0.0661. The lowest BCUT2D eigenvalue weighted by Crippen LogP contribution is -2.51. The van der Waals surface area contributed by atoms with Gasteiger partial charge < -0.3 is 22.4 Å². The molecule has 55 heavy (non-hydrogen) atoms. The summed E-state index contributed by atoms with van der Waals surface area (Å²) >= 11 is 0. The van der Waals surface area contributed by atoms with E-state index in [0.717, 1.165) is 87.8 Å². The average molecular weight is 775 g/mol. The van der Waals surface area contributed by atoms with Crippen molar-refractivity contribution in [2.24, 2.45) is 0 Å². The molecule has 0 heterocycles. The smallest absolute Gasteiger partial charge is 0.325 e. The molecule has 2 aliphatic carbocycles. The van der Waals surface area contributed by atoms with E-state index < -0.39 is 17.1 Å². The van der Waals surface area contributed by atoms with Crippen LogP contribution in [0, 0.1) is 0 Å². The third kappa shape index (κ3) is 12.1. The molecule has 2 aliphatic rings. The molecule has 0 radical (unpaired) electrons. The van der Waals surface area contributed by atoms with E-state index in [-0.39, 0.29) is 0 Å². The molecule has 7 heteroatoms. The van der Waals surface area contributed by atoms with Crippen LogP contribution in [0.5, 0.6) is 11.5 Å². The molecule has 6 rings (SSSR count). The van der Waals surface area contributed by atoms with E-state index >= 15 is 0 Å². The summed E-state index contributed by atoms with van der Waals surface area (Å²) in [5.74, 6) is 1.92. The first-order chi connectivity index (χ1) is 26.9. The summed E-state index contributed by atoms with van der Waals surface area (Å²) < 4.78 is 31.5. The Morgan fingerprint density at radius 3 is 1.35 bits per heavy atom. The van der Waals surface area contributed by atoms with Crippen molar-refractivity contribution in [2.45, 2.75) is 102 Å². The van der Waals surface area contributed by atoms with Crippen LogP contribution in [0.25, 0.3) is 23.3 Å². The minimum Gasteiger partial charge on any atom is -0.494 e. The van der Waals surface area contributed by atoms with Gasteiger partial charge >= 0.3 is 17.1 Å². The Balaban J connectivity index is 0.892. The number of unbranched alkanes of at least 4 members (excludes halogenated alkanes) is 4. The van der Waals surface area contributed by atoms with E-state index in [9.17, 15) is 0 Å². The molecule has 0 aliphatic heterocycles. The standard InChI is InChI=1S/C48H62O5Si2/c1-49-54(3,33-15-7-13-31-51-47-29-27-41-23-17-25-43(35-45(41)37-47)39-19-9-5-10-20-39)53-55(4,50-2)34-16-8-14-32-52-48-30-28-42-24-18-26-44(36-46(42)38-48)40-21-11-6-12-22-40/h5-6,9-12,19-22,27-30,35-38H,7-8,13-18,23-26,31-34H2,1-4H3. The third-order valence-corrected chi connectivity index (χ3v) is 19.1. The first-order valence-electron chi connectivity index (χ1n) is 20.7. The lowest BCUT2D eigenvalue weighted by atomic mass is 10.0. The number of benzene rings is 4. The van der Waals surface area contributed by atoms with E-state index in [1.807, 2.05) is 14.2 Å². The molecule has 2 unspecified atom stereocenters. The summed E-state index contributed by atoms with van der Waals surface area (Å²) in [7, 11) is -1.10. The SMILES string of the molecule is CO[Si](C)(CCCCCOc1ccc2c(c1)C=C(c1ccccc1)CCC2)O[Si](C)(CCCCCOc1ccc2c(c1)C=C(c1ccccc1)CCC2)OC. The van der Waals surface area contributed by atoms with Gasteiger partial charge in [-0.05, 0) is 145 Å². The molecular weight excluding hydrogens is 713 g/mol. The van der Waals surface area contributed by atoms with E-state index in [1.165, 1.54) is 57.4 Å². The second-order valence-electron chi connectivity index (χ2n) is 15.6. The molecule has 292 valence electrons. The molecule has 0 N–H and O–H groups in total. The predicted molar refractivity (Wildman–Crippen MR) is 234 cm³/mol. The van der Waals surface area contributed by atoms with Gasteiger partial charge in [-0.25, -0.2) is 0 Å². The Labute approximate surface area is 333 Å². The van der Waals surface area contributed by atoms with Gasteiger partial charge in [0.1, 0.15) is 11.5 Å². The van der Waals surface area contributed by atoms with Crippen molar-refractivity contribution in [3.63, 3.8) is 0 Å². The van der Waals surface area contributed by atoms with Crippen molar-refractivity contribution >= 4 is 40.4 Å². The molecule has 0 bridgehead atoms. The second-order valence-corrected chi connectivity index (χ2v) is 22.8. The van der Waals surface area contributed by atoms with Crippen LogP contribution in [-0.4, -0.2) is 44.6 Å². The highest BCUT2D eigenvalue weighted by molar-refractivity contribution is 6.80. The third-order valence-electron chi connectivity index (χ3n) is 11.4. The molecule has 0 fully saturated rings. The average Bonchev–Trinajstić information content (AvgIpc) is 3.57. The number of hydrogen-bond donors (Lipinski definition) is 0. The van der Waals surface area contributed by atoms with Gasteiger partial charge in [-0.2, -0.15) is 0 Å². The van der Waals surface area contributed by atoms with Crippen LogP contribution in [0.2, 0.25) is 25.2 Å². The molecular formula is C48H62O5Si2. The first-order valence-corrected chi connectivity index (χ1v) is 25.7. The van der Waals surface area contributed by atoms with E-state index in [0.29, 0.717) is 13.2 Å². The second kappa shape index (κ2) is 20.4. The number of rotatable bonds is 20. The molecule has 2 atom stereocenters. The molecule has 5 nitrogen and oxygen atoms in total. The zero-order chi connectivity index (χ0) is 38.4. The minimum absolute atomic E-state index is 0.715. The van der Waals surface area contributed by atoms with Crippen LogP contribution >= 0.6 is 0 Å².